The molecule has 0 aliphatic rings. The predicted molar refractivity (Wildman–Crippen MR) is 82.7 cm³/mol. The summed E-state index contributed by atoms with van der Waals surface area (Å²) in [6.07, 6.45) is 0. The fraction of sp³-hybridized carbons (Fsp3) is 0.750. The molecule has 0 atom stereocenters. The molecule has 0 aliphatic carbocycles. The van der Waals surface area contributed by atoms with Gasteiger partial charge in [-0.05, 0) is 60.8 Å². The first-order valence-electron chi connectivity index (χ1n) is 7.18. The van der Waals surface area contributed by atoms with Crippen molar-refractivity contribution in [1.82, 2.24) is 10.2 Å². The van der Waals surface area contributed by atoms with Crippen LogP contribution in [0.4, 0.5) is 0 Å². The zero-order chi connectivity index (χ0) is 15.4. The van der Waals surface area contributed by atoms with E-state index in [1.165, 1.54) is 0 Å². The van der Waals surface area contributed by atoms with Crippen molar-refractivity contribution >= 4 is 0 Å². The smallest absolute Gasteiger partial charge is 0.129 e. The Kier molecular flexibility index (Phi) is 5.80. The van der Waals surface area contributed by atoms with E-state index < -0.39 is 0 Å². The molecule has 1 heterocycles. The fourth-order valence-corrected chi connectivity index (χ4v) is 1.48. The molecule has 1 aromatic rings. The zero-order valence-corrected chi connectivity index (χ0v) is 14.0. The van der Waals surface area contributed by atoms with Crippen molar-refractivity contribution in [3.63, 3.8) is 0 Å². The van der Waals surface area contributed by atoms with Gasteiger partial charge < -0.3 is 19.4 Å². The number of ether oxygens (including phenoxy) is 1. The van der Waals surface area contributed by atoms with Crippen molar-refractivity contribution in [3.8, 4) is 0 Å². The van der Waals surface area contributed by atoms with Gasteiger partial charge in [-0.3, -0.25) is 0 Å². The van der Waals surface area contributed by atoms with E-state index in [4.69, 9.17) is 9.15 Å². The maximum atomic E-state index is 5.75. The monoisotopic (exact) mass is 282 g/mol. The lowest BCUT2D eigenvalue weighted by molar-refractivity contribution is 0.0205. The van der Waals surface area contributed by atoms with Crippen LogP contribution >= 0.6 is 0 Å². The van der Waals surface area contributed by atoms with Crippen LogP contribution in [0, 0.1) is 0 Å². The normalized spacial score (nSPS) is 13.2. The summed E-state index contributed by atoms with van der Waals surface area (Å²) in [6.45, 7) is 12.7. The standard InChI is InChI=1S/C16H30N2O2/c1-15(2,3)17-10-13-8-9-14(20-13)11-19-12-16(4,5)18(6)7/h8-9,17H,10-12H2,1-7H3. The first kappa shape index (κ1) is 17.2. The topological polar surface area (TPSA) is 37.6 Å². The molecule has 0 saturated heterocycles. The quantitative estimate of drug-likeness (QED) is 0.834. The van der Waals surface area contributed by atoms with Crippen LogP contribution in [-0.2, 0) is 17.9 Å². The van der Waals surface area contributed by atoms with Crippen LogP contribution in [0.3, 0.4) is 0 Å². The molecule has 20 heavy (non-hydrogen) atoms. The molecule has 116 valence electrons. The van der Waals surface area contributed by atoms with Gasteiger partial charge in [0.15, 0.2) is 0 Å². The molecule has 0 radical (unpaired) electrons. The van der Waals surface area contributed by atoms with Crippen LogP contribution in [0.2, 0.25) is 0 Å². The Balaban J connectivity index is 2.38. The van der Waals surface area contributed by atoms with E-state index in [1.807, 2.05) is 12.1 Å². The van der Waals surface area contributed by atoms with E-state index in [0.29, 0.717) is 13.2 Å². The van der Waals surface area contributed by atoms with Crippen molar-refractivity contribution in [2.24, 2.45) is 0 Å². The molecule has 1 N–H and O–H groups in total. The molecule has 1 rings (SSSR count). The number of likely N-dealkylation sites (N-methyl/N-ethyl adjacent to an activating group) is 1. The molecule has 0 saturated carbocycles. The Hall–Kier alpha value is -0.840. The summed E-state index contributed by atoms with van der Waals surface area (Å²) >= 11 is 0. The van der Waals surface area contributed by atoms with E-state index in [-0.39, 0.29) is 11.1 Å². The van der Waals surface area contributed by atoms with Crippen LogP contribution in [-0.4, -0.2) is 36.7 Å². The van der Waals surface area contributed by atoms with Gasteiger partial charge in [0.25, 0.3) is 0 Å². The molecule has 0 bridgehead atoms. The van der Waals surface area contributed by atoms with E-state index in [0.717, 1.165) is 18.1 Å². The second-order valence-corrected chi connectivity index (χ2v) is 7.17. The van der Waals surface area contributed by atoms with E-state index in [9.17, 15) is 0 Å². The summed E-state index contributed by atoms with van der Waals surface area (Å²) in [4.78, 5) is 2.16. The minimum atomic E-state index is 0.0310. The van der Waals surface area contributed by atoms with Crippen LogP contribution in [0.15, 0.2) is 16.5 Å². The molecule has 0 spiro atoms. The van der Waals surface area contributed by atoms with E-state index in [2.05, 4.69) is 58.9 Å². The Morgan fingerprint density at radius 3 is 2.25 bits per heavy atom. The second kappa shape index (κ2) is 6.74. The highest BCUT2D eigenvalue weighted by atomic mass is 16.5. The molecule has 0 fully saturated rings. The number of nitrogens with one attached hydrogen (secondary N) is 1. The molecule has 4 heteroatoms. The lowest BCUT2D eigenvalue weighted by Crippen LogP contribution is -2.42. The minimum absolute atomic E-state index is 0.0310. The third-order valence-corrected chi connectivity index (χ3v) is 3.42. The number of furan rings is 1. The Morgan fingerprint density at radius 2 is 1.70 bits per heavy atom. The fourth-order valence-electron chi connectivity index (χ4n) is 1.48. The van der Waals surface area contributed by atoms with Crippen LogP contribution < -0.4 is 5.32 Å². The minimum Gasteiger partial charge on any atom is -0.462 e. The van der Waals surface area contributed by atoms with E-state index in [1.54, 1.807) is 0 Å². The zero-order valence-electron chi connectivity index (χ0n) is 14.0. The van der Waals surface area contributed by atoms with Gasteiger partial charge in [-0.1, -0.05) is 0 Å². The molecule has 0 aliphatic heterocycles. The van der Waals surface area contributed by atoms with E-state index >= 15 is 0 Å². The number of hydrogen-bond donors (Lipinski definition) is 1. The van der Waals surface area contributed by atoms with Crippen molar-refractivity contribution in [2.75, 3.05) is 20.7 Å². The maximum absolute atomic E-state index is 5.75. The highest BCUT2D eigenvalue weighted by Crippen LogP contribution is 2.14. The summed E-state index contributed by atoms with van der Waals surface area (Å²) in [5.74, 6) is 1.83. The van der Waals surface area contributed by atoms with Gasteiger partial charge in [-0.15, -0.1) is 0 Å². The van der Waals surface area contributed by atoms with Gasteiger partial charge in [0.05, 0.1) is 13.2 Å². The average Bonchev–Trinajstić information content (AvgIpc) is 2.73. The lowest BCUT2D eigenvalue weighted by Gasteiger charge is -2.31. The van der Waals surface area contributed by atoms with Gasteiger partial charge in [0.2, 0.25) is 0 Å². The third kappa shape index (κ3) is 6.07. The predicted octanol–water partition coefficient (Wildman–Crippen LogP) is 3.02. The van der Waals surface area contributed by atoms with Crippen LogP contribution in [0.5, 0.6) is 0 Å². The lowest BCUT2D eigenvalue weighted by atomic mass is 10.1. The summed E-state index contributed by atoms with van der Waals surface area (Å²) in [7, 11) is 4.12. The Bertz CT molecular complexity index is 403. The third-order valence-electron chi connectivity index (χ3n) is 3.42. The van der Waals surface area contributed by atoms with Gasteiger partial charge in [-0.2, -0.15) is 0 Å². The van der Waals surface area contributed by atoms with Gasteiger partial charge in [-0.25, -0.2) is 0 Å². The van der Waals surface area contributed by atoms with Gasteiger partial charge in [0.1, 0.15) is 18.1 Å². The highest BCUT2D eigenvalue weighted by molar-refractivity contribution is 5.06. The molecular formula is C16H30N2O2. The highest BCUT2D eigenvalue weighted by Gasteiger charge is 2.20. The molecule has 0 aromatic carbocycles. The Labute approximate surface area is 123 Å². The molecule has 0 unspecified atom stereocenters. The molecule has 0 amide bonds. The van der Waals surface area contributed by atoms with Crippen molar-refractivity contribution in [1.29, 1.82) is 0 Å². The summed E-state index contributed by atoms with van der Waals surface area (Å²) in [5.41, 5.74) is 0.127. The summed E-state index contributed by atoms with van der Waals surface area (Å²) in [6, 6.07) is 4.00. The van der Waals surface area contributed by atoms with Crippen molar-refractivity contribution in [2.45, 2.75) is 58.8 Å². The Morgan fingerprint density at radius 1 is 1.10 bits per heavy atom. The van der Waals surface area contributed by atoms with Crippen LogP contribution in [0.25, 0.3) is 0 Å². The number of hydrogen-bond acceptors (Lipinski definition) is 4. The second-order valence-electron chi connectivity index (χ2n) is 7.17. The van der Waals surface area contributed by atoms with Crippen molar-refractivity contribution < 1.29 is 9.15 Å². The average molecular weight is 282 g/mol. The largest absolute Gasteiger partial charge is 0.462 e. The first-order valence-corrected chi connectivity index (χ1v) is 7.18. The molecule has 1 aromatic heterocycles. The summed E-state index contributed by atoms with van der Waals surface area (Å²) < 4.78 is 11.5. The van der Waals surface area contributed by atoms with Crippen molar-refractivity contribution in [3.05, 3.63) is 23.7 Å². The maximum Gasteiger partial charge on any atom is 0.129 e. The molecule has 4 nitrogen and oxygen atoms in total. The number of nitrogens with zero attached hydrogens (tertiary/aromatic N) is 1. The summed E-state index contributed by atoms with van der Waals surface area (Å²) in [5, 5.41) is 3.41. The molecular weight excluding hydrogens is 252 g/mol. The first-order chi connectivity index (χ1) is 9.10. The number of rotatable bonds is 7. The SMILES string of the molecule is CN(C)C(C)(C)COCc1ccc(CNC(C)(C)C)o1. The van der Waals surface area contributed by atoms with Gasteiger partial charge in [0, 0.05) is 11.1 Å². The van der Waals surface area contributed by atoms with Crippen LogP contribution in [0.1, 0.15) is 46.1 Å². The van der Waals surface area contributed by atoms with Gasteiger partial charge >= 0.3 is 0 Å².